The van der Waals surface area contributed by atoms with Crippen LogP contribution in [0.5, 0.6) is 0 Å². The van der Waals surface area contributed by atoms with Crippen LogP contribution in [0.15, 0.2) is 0 Å². The van der Waals surface area contributed by atoms with Gasteiger partial charge in [-0.25, -0.2) is 17.9 Å². The fraction of sp³-hybridized carbons (Fsp3) is 0.750. The molecule has 0 saturated heterocycles. The predicted octanol–water partition coefficient (Wildman–Crippen LogP) is 0.842. The Bertz CT molecular complexity index is 551. The minimum Gasteiger partial charge on any atom is -0.461 e. The highest BCUT2D eigenvalue weighted by molar-refractivity contribution is 7.91. The van der Waals surface area contributed by atoms with E-state index >= 15 is 0 Å². The van der Waals surface area contributed by atoms with Gasteiger partial charge in [-0.05, 0) is 13.3 Å². The van der Waals surface area contributed by atoms with Gasteiger partial charge in [0.15, 0.2) is 15.5 Å². The molecule has 1 rings (SSSR count). The van der Waals surface area contributed by atoms with Crippen molar-refractivity contribution in [2.45, 2.75) is 40.2 Å². The van der Waals surface area contributed by atoms with Crippen molar-refractivity contribution in [2.24, 2.45) is 0 Å². The van der Waals surface area contributed by atoms with Crippen LogP contribution in [0.4, 0.5) is 0 Å². The number of aryl methyl sites for hydroxylation is 1. The summed E-state index contributed by atoms with van der Waals surface area (Å²) < 4.78 is 29.5. The zero-order valence-electron chi connectivity index (χ0n) is 12.1. The minimum absolute atomic E-state index is 0.00810. The highest BCUT2D eigenvalue weighted by Gasteiger charge is 2.21. The largest absolute Gasteiger partial charge is 0.461 e. The summed E-state index contributed by atoms with van der Waals surface area (Å²) >= 11 is 0. The van der Waals surface area contributed by atoms with Crippen molar-refractivity contribution in [1.29, 1.82) is 0 Å². The number of rotatable bonds is 8. The number of nitrogens with zero attached hydrogens (tertiary/aromatic N) is 3. The predicted molar refractivity (Wildman–Crippen MR) is 74.3 cm³/mol. The molecule has 0 aromatic carbocycles. The molecule has 0 amide bonds. The molecule has 0 N–H and O–H groups in total. The molecule has 0 spiro atoms. The Labute approximate surface area is 119 Å². The molecule has 0 atom stereocenters. The summed E-state index contributed by atoms with van der Waals surface area (Å²) in [6.07, 6.45) is 1.41. The standard InChI is InChI=1S/C12H21N3O4S/c1-4-7-10-11(12(16)19-5-2)13-14-15(10)8-9-20(17,18)6-3/h4-9H2,1-3H3. The third-order valence-corrected chi connectivity index (χ3v) is 4.53. The Morgan fingerprint density at radius 2 is 2.00 bits per heavy atom. The van der Waals surface area contributed by atoms with Crippen molar-refractivity contribution in [3.05, 3.63) is 11.4 Å². The van der Waals surface area contributed by atoms with Gasteiger partial charge in [-0.2, -0.15) is 0 Å². The van der Waals surface area contributed by atoms with Gasteiger partial charge in [0.1, 0.15) is 0 Å². The fourth-order valence-corrected chi connectivity index (χ4v) is 2.46. The highest BCUT2D eigenvalue weighted by Crippen LogP contribution is 2.10. The second kappa shape index (κ2) is 7.37. The molecule has 1 heterocycles. The van der Waals surface area contributed by atoms with E-state index in [0.717, 1.165) is 6.42 Å². The van der Waals surface area contributed by atoms with Crippen LogP contribution in [0.3, 0.4) is 0 Å². The molecule has 0 saturated carbocycles. The lowest BCUT2D eigenvalue weighted by molar-refractivity contribution is 0.0518. The molecule has 7 nitrogen and oxygen atoms in total. The number of carbonyl (C=O) groups is 1. The lowest BCUT2D eigenvalue weighted by Crippen LogP contribution is -2.18. The summed E-state index contributed by atoms with van der Waals surface area (Å²) in [5.74, 6) is -0.429. The molecule has 8 heteroatoms. The average Bonchev–Trinajstić information content (AvgIpc) is 2.80. The number of carbonyl (C=O) groups excluding carboxylic acids is 1. The molecule has 1 aromatic rings. The molecule has 114 valence electrons. The first-order valence-electron chi connectivity index (χ1n) is 6.75. The van der Waals surface area contributed by atoms with Gasteiger partial charge in [-0.3, -0.25) is 0 Å². The Morgan fingerprint density at radius 3 is 2.55 bits per heavy atom. The molecule has 1 aromatic heterocycles. The Balaban J connectivity index is 2.94. The van der Waals surface area contributed by atoms with Crippen molar-refractivity contribution >= 4 is 15.8 Å². The van der Waals surface area contributed by atoms with E-state index in [4.69, 9.17) is 4.74 Å². The van der Waals surface area contributed by atoms with Crippen LogP contribution in [-0.4, -0.2) is 47.5 Å². The van der Waals surface area contributed by atoms with Crippen molar-refractivity contribution in [2.75, 3.05) is 18.1 Å². The molecule has 0 aliphatic carbocycles. The van der Waals surface area contributed by atoms with Gasteiger partial charge in [0, 0.05) is 5.75 Å². The number of hydrogen-bond donors (Lipinski definition) is 0. The molecular weight excluding hydrogens is 282 g/mol. The number of esters is 1. The number of sulfone groups is 1. The Hall–Kier alpha value is -1.44. The van der Waals surface area contributed by atoms with Gasteiger partial charge in [0.05, 0.1) is 24.6 Å². The first-order chi connectivity index (χ1) is 9.45. The third kappa shape index (κ3) is 4.29. The average molecular weight is 303 g/mol. The number of hydrogen-bond acceptors (Lipinski definition) is 6. The van der Waals surface area contributed by atoms with Gasteiger partial charge >= 0.3 is 5.97 Å². The second-order valence-electron chi connectivity index (χ2n) is 4.31. The van der Waals surface area contributed by atoms with Gasteiger partial charge < -0.3 is 4.74 Å². The first-order valence-corrected chi connectivity index (χ1v) is 8.57. The summed E-state index contributed by atoms with van der Waals surface area (Å²) in [5.41, 5.74) is 0.819. The maximum absolute atomic E-state index is 11.8. The van der Waals surface area contributed by atoms with Crippen LogP contribution in [0, 0.1) is 0 Å². The van der Waals surface area contributed by atoms with Crippen LogP contribution in [0.25, 0.3) is 0 Å². The van der Waals surface area contributed by atoms with Gasteiger partial charge in [0.2, 0.25) is 0 Å². The van der Waals surface area contributed by atoms with Gasteiger partial charge in [0.25, 0.3) is 0 Å². The first kappa shape index (κ1) is 16.6. The van der Waals surface area contributed by atoms with E-state index in [1.807, 2.05) is 6.92 Å². The maximum atomic E-state index is 11.8. The van der Waals surface area contributed by atoms with Crippen LogP contribution >= 0.6 is 0 Å². The lowest BCUT2D eigenvalue weighted by atomic mass is 10.2. The van der Waals surface area contributed by atoms with Crippen molar-refractivity contribution in [3.8, 4) is 0 Å². The molecule has 20 heavy (non-hydrogen) atoms. The summed E-state index contributed by atoms with van der Waals surface area (Å²) in [6, 6.07) is 0. The number of ether oxygens (including phenoxy) is 1. The second-order valence-corrected chi connectivity index (χ2v) is 6.79. The molecule has 0 radical (unpaired) electrons. The zero-order chi connectivity index (χ0) is 15.2. The smallest absolute Gasteiger partial charge is 0.360 e. The molecule has 0 unspecified atom stereocenters. The van der Waals surface area contributed by atoms with E-state index in [1.54, 1.807) is 13.8 Å². The number of aromatic nitrogens is 3. The van der Waals surface area contributed by atoms with Crippen LogP contribution in [0.2, 0.25) is 0 Å². The van der Waals surface area contributed by atoms with Gasteiger partial charge in [-0.15, -0.1) is 5.10 Å². The Morgan fingerprint density at radius 1 is 1.30 bits per heavy atom. The highest BCUT2D eigenvalue weighted by atomic mass is 32.2. The van der Waals surface area contributed by atoms with E-state index in [9.17, 15) is 13.2 Å². The van der Waals surface area contributed by atoms with E-state index in [-0.39, 0.29) is 30.4 Å². The van der Waals surface area contributed by atoms with Crippen LogP contribution in [0.1, 0.15) is 43.4 Å². The topological polar surface area (TPSA) is 91.2 Å². The fourth-order valence-electron chi connectivity index (χ4n) is 1.72. The van der Waals surface area contributed by atoms with E-state index in [2.05, 4.69) is 10.3 Å². The summed E-state index contributed by atoms with van der Waals surface area (Å²) in [6.45, 7) is 5.76. The van der Waals surface area contributed by atoms with Crippen molar-refractivity contribution < 1.29 is 17.9 Å². The van der Waals surface area contributed by atoms with Gasteiger partial charge in [-0.1, -0.05) is 25.5 Å². The quantitative estimate of drug-likeness (QED) is 0.661. The molecular formula is C12H21N3O4S. The minimum atomic E-state index is -3.08. The molecule has 0 bridgehead atoms. The van der Waals surface area contributed by atoms with Crippen molar-refractivity contribution in [1.82, 2.24) is 15.0 Å². The van der Waals surface area contributed by atoms with Crippen LogP contribution in [-0.2, 0) is 27.5 Å². The zero-order valence-corrected chi connectivity index (χ0v) is 12.9. The maximum Gasteiger partial charge on any atom is 0.360 e. The van der Waals surface area contributed by atoms with Crippen LogP contribution < -0.4 is 0 Å². The van der Waals surface area contributed by atoms with Crippen molar-refractivity contribution in [3.63, 3.8) is 0 Å². The SMILES string of the molecule is CCCc1c(C(=O)OCC)nnn1CCS(=O)(=O)CC. The molecule has 0 aliphatic heterocycles. The summed E-state index contributed by atoms with van der Waals surface area (Å²) in [4.78, 5) is 11.8. The van der Waals surface area contributed by atoms with E-state index < -0.39 is 15.8 Å². The molecule has 0 fully saturated rings. The van der Waals surface area contributed by atoms with E-state index in [0.29, 0.717) is 12.1 Å². The molecule has 0 aliphatic rings. The summed E-state index contributed by atoms with van der Waals surface area (Å²) in [5, 5.41) is 7.70. The normalized spacial score (nSPS) is 11.6. The lowest BCUT2D eigenvalue weighted by Gasteiger charge is -2.07. The monoisotopic (exact) mass is 303 g/mol. The summed E-state index contributed by atoms with van der Waals surface area (Å²) in [7, 11) is -3.08. The van der Waals surface area contributed by atoms with E-state index in [1.165, 1.54) is 4.68 Å². The Kier molecular flexibility index (Phi) is 6.12. The third-order valence-electron chi connectivity index (χ3n) is 2.85.